The Bertz CT molecular complexity index is 525. The van der Waals surface area contributed by atoms with E-state index >= 15 is 0 Å². The topological polar surface area (TPSA) is 72.2 Å². The van der Waals surface area contributed by atoms with Gasteiger partial charge in [-0.05, 0) is 37.5 Å². The van der Waals surface area contributed by atoms with Gasteiger partial charge in [0.15, 0.2) is 0 Å². The molecule has 0 radical (unpaired) electrons. The van der Waals surface area contributed by atoms with E-state index < -0.39 is 10.0 Å². The number of halogens is 1. The second-order valence-corrected chi connectivity index (χ2v) is 6.85. The van der Waals surface area contributed by atoms with Gasteiger partial charge in [-0.1, -0.05) is 29.8 Å². The lowest BCUT2D eigenvalue weighted by atomic mass is 10.2. The molecule has 18 heavy (non-hydrogen) atoms. The Labute approximate surface area is 117 Å². The average molecular weight is 335 g/mol. The van der Waals surface area contributed by atoms with Crippen LogP contribution in [0.3, 0.4) is 0 Å². The molecule has 0 aliphatic heterocycles. The fraction of sp³-hybridized carbons (Fsp3) is 0.500. The third kappa shape index (κ3) is 3.46. The maximum atomic E-state index is 12.3. The van der Waals surface area contributed by atoms with Crippen molar-refractivity contribution in [2.45, 2.75) is 44.6 Å². The molecule has 0 heterocycles. The van der Waals surface area contributed by atoms with E-state index in [4.69, 9.17) is 5.73 Å². The molecular formula is C12H19BrN2O2S. The van der Waals surface area contributed by atoms with Gasteiger partial charge in [-0.2, -0.15) is 0 Å². The van der Waals surface area contributed by atoms with Crippen LogP contribution in [0.4, 0.5) is 5.69 Å². The number of hydrogen-bond donors (Lipinski definition) is 2. The van der Waals surface area contributed by atoms with Crippen molar-refractivity contribution in [1.29, 1.82) is 0 Å². The van der Waals surface area contributed by atoms with Gasteiger partial charge >= 0.3 is 0 Å². The minimum Gasteiger partial charge on any atom is -0.398 e. The van der Waals surface area contributed by atoms with Gasteiger partial charge < -0.3 is 5.73 Å². The third-order valence-electron chi connectivity index (χ3n) is 2.96. The SMILES string of the molecule is CCC(CC)NS(=O)(=O)c1cc(Br)cc(N)c1C. The van der Waals surface area contributed by atoms with Gasteiger partial charge in [-0.25, -0.2) is 13.1 Å². The molecule has 102 valence electrons. The molecule has 0 bridgehead atoms. The molecule has 0 aliphatic carbocycles. The largest absolute Gasteiger partial charge is 0.398 e. The smallest absolute Gasteiger partial charge is 0.241 e. The first-order valence-electron chi connectivity index (χ1n) is 5.89. The molecule has 0 saturated carbocycles. The Kier molecular flexibility index (Phi) is 5.19. The molecule has 1 aromatic rings. The lowest BCUT2D eigenvalue weighted by molar-refractivity contribution is 0.530. The summed E-state index contributed by atoms with van der Waals surface area (Å²) in [6.07, 6.45) is 1.52. The van der Waals surface area contributed by atoms with E-state index in [1.165, 1.54) is 0 Å². The summed E-state index contributed by atoms with van der Waals surface area (Å²) in [5, 5.41) is 0. The zero-order chi connectivity index (χ0) is 13.9. The maximum absolute atomic E-state index is 12.3. The van der Waals surface area contributed by atoms with E-state index in [-0.39, 0.29) is 10.9 Å². The molecule has 0 aliphatic rings. The number of benzene rings is 1. The monoisotopic (exact) mass is 334 g/mol. The maximum Gasteiger partial charge on any atom is 0.241 e. The second-order valence-electron chi connectivity index (χ2n) is 4.25. The van der Waals surface area contributed by atoms with Crippen molar-refractivity contribution < 1.29 is 8.42 Å². The summed E-state index contributed by atoms with van der Waals surface area (Å²) in [5.74, 6) is 0. The summed E-state index contributed by atoms with van der Waals surface area (Å²) in [6.45, 7) is 5.63. The third-order valence-corrected chi connectivity index (χ3v) is 5.07. The number of nitrogens with two attached hydrogens (primary N) is 1. The molecule has 0 spiro atoms. The van der Waals surface area contributed by atoms with Crippen LogP contribution in [-0.2, 0) is 10.0 Å². The molecule has 0 unspecified atom stereocenters. The molecule has 1 aromatic carbocycles. The molecule has 0 amide bonds. The molecule has 0 atom stereocenters. The Balaban J connectivity index is 3.20. The van der Waals surface area contributed by atoms with E-state index in [0.717, 1.165) is 12.8 Å². The molecular weight excluding hydrogens is 316 g/mol. The van der Waals surface area contributed by atoms with Gasteiger partial charge in [0.1, 0.15) is 0 Å². The van der Waals surface area contributed by atoms with Crippen molar-refractivity contribution in [2.75, 3.05) is 5.73 Å². The highest BCUT2D eigenvalue weighted by atomic mass is 79.9. The Morgan fingerprint density at radius 3 is 2.39 bits per heavy atom. The van der Waals surface area contributed by atoms with Crippen molar-refractivity contribution >= 4 is 31.6 Å². The van der Waals surface area contributed by atoms with Crippen molar-refractivity contribution in [1.82, 2.24) is 4.72 Å². The molecule has 0 aromatic heterocycles. The second kappa shape index (κ2) is 6.04. The van der Waals surface area contributed by atoms with Crippen LogP contribution in [0.5, 0.6) is 0 Å². The van der Waals surface area contributed by atoms with E-state index in [9.17, 15) is 8.42 Å². The first-order chi connectivity index (χ1) is 8.31. The normalized spacial score (nSPS) is 12.1. The van der Waals surface area contributed by atoms with Crippen molar-refractivity contribution in [2.24, 2.45) is 0 Å². The number of sulfonamides is 1. The molecule has 4 nitrogen and oxygen atoms in total. The molecule has 6 heteroatoms. The number of hydrogen-bond acceptors (Lipinski definition) is 3. The Hall–Kier alpha value is -0.590. The average Bonchev–Trinajstić information content (AvgIpc) is 2.30. The van der Waals surface area contributed by atoms with Gasteiger partial charge in [0.2, 0.25) is 10.0 Å². The van der Waals surface area contributed by atoms with Crippen LogP contribution in [0, 0.1) is 6.92 Å². The lowest BCUT2D eigenvalue weighted by Crippen LogP contribution is -2.34. The first kappa shape index (κ1) is 15.5. The summed E-state index contributed by atoms with van der Waals surface area (Å²) in [6, 6.07) is 3.23. The van der Waals surface area contributed by atoms with Crippen LogP contribution in [0.1, 0.15) is 32.3 Å². The quantitative estimate of drug-likeness (QED) is 0.813. The fourth-order valence-electron chi connectivity index (χ4n) is 1.69. The van der Waals surface area contributed by atoms with Gasteiger partial charge in [-0.15, -0.1) is 0 Å². The number of rotatable bonds is 5. The number of nitrogens with one attached hydrogen (secondary N) is 1. The van der Waals surface area contributed by atoms with Crippen LogP contribution in [-0.4, -0.2) is 14.5 Å². The minimum atomic E-state index is -3.52. The van der Waals surface area contributed by atoms with Crippen molar-refractivity contribution in [3.8, 4) is 0 Å². The van der Waals surface area contributed by atoms with Gasteiger partial charge in [0, 0.05) is 16.2 Å². The van der Waals surface area contributed by atoms with Crippen LogP contribution < -0.4 is 10.5 Å². The predicted octanol–water partition coefficient (Wildman–Crippen LogP) is 2.81. The summed E-state index contributed by atoms with van der Waals surface area (Å²) >= 11 is 3.27. The van der Waals surface area contributed by atoms with E-state index in [2.05, 4.69) is 20.7 Å². The van der Waals surface area contributed by atoms with Crippen molar-refractivity contribution in [3.63, 3.8) is 0 Å². The molecule has 1 rings (SSSR count). The van der Waals surface area contributed by atoms with Crippen LogP contribution in [0.2, 0.25) is 0 Å². The standard InChI is InChI=1S/C12H19BrN2O2S/c1-4-10(5-2)15-18(16,17)12-7-9(13)6-11(14)8(12)3/h6-7,10,15H,4-5,14H2,1-3H3. The molecule has 0 fully saturated rings. The van der Waals surface area contributed by atoms with Crippen LogP contribution in [0.15, 0.2) is 21.5 Å². The highest BCUT2D eigenvalue weighted by Gasteiger charge is 2.21. The van der Waals surface area contributed by atoms with Crippen LogP contribution in [0.25, 0.3) is 0 Å². The highest BCUT2D eigenvalue weighted by Crippen LogP contribution is 2.26. The Morgan fingerprint density at radius 1 is 1.33 bits per heavy atom. The van der Waals surface area contributed by atoms with E-state index in [1.807, 2.05) is 13.8 Å². The summed E-state index contributed by atoms with van der Waals surface area (Å²) < 4.78 is 28.0. The minimum absolute atomic E-state index is 0.0467. The summed E-state index contributed by atoms with van der Waals surface area (Å²) in [4.78, 5) is 0.237. The Morgan fingerprint density at radius 2 is 1.89 bits per heavy atom. The number of anilines is 1. The summed E-state index contributed by atoms with van der Waals surface area (Å²) in [5.41, 5.74) is 6.84. The zero-order valence-electron chi connectivity index (χ0n) is 10.8. The molecule has 3 N–H and O–H groups in total. The fourth-order valence-corrected chi connectivity index (χ4v) is 4.02. The zero-order valence-corrected chi connectivity index (χ0v) is 13.2. The first-order valence-corrected chi connectivity index (χ1v) is 8.17. The summed E-state index contributed by atoms with van der Waals surface area (Å²) in [7, 11) is -3.52. The molecule has 0 saturated heterocycles. The van der Waals surface area contributed by atoms with E-state index in [0.29, 0.717) is 15.7 Å². The van der Waals surface area contributed by atoms with Gasteiger partial charge in [0.05, 0.1) is 4.90 Å². The van der Waals surface area contributed by atoms with Gasteiger partial charge in [0.25, 0.3) is 0 Å². The highest BCUT2D eigenvalue weighted by molar-refractivity contribution is 9.10. The lowest BCUT2D eigenvalue weighted by Gasteiger charge is -2.17. The van der Waals surface area contributed by atoms with Crippen LogP contribution >= 0.6 is 15.9 Å². The van der Waals surface area contributed by atoms with E-state index in [1.54, 1.807) is 19.1 Å². The number of nitrogen functional groups attached to an aromatic ring is 1. The predicted molar refractivity (Wildman–Crippen MR) is 78.0 cm³/mol. The van der Waals surface area contributed by atoms with Crippen molar-refractivity contribution in [3.05, 3.63) is 22.2 Å². The van der Waals surface area contributed by atoms with Gasteiger partial charge in [-0.3, -0.25) is 0 Å².